The number of urea groups is 1. The van der Waals surface area contributed by atoms with Crippen LogP contribution in [0.3, 0.4) is 0 Å². The van der Waals surface area contributed by atoms with Crippen LogP contribution in [-0.2, 0) is 29.6 Å². The first-order valence-corrected chi connectivity index (χ1v) is 10.4. The lowest BCUT2D eigenvalue weighted by Gasteiger charge is -2.33. The van der Waals surface area contributed by atoms with Gasteiger partial charge in [-0.2, -0.15) is 0 Å². The van der Waals surface area contributed by atoms with Gasteiger partial charge in [0.1, 0.15) is 5.54 Å². The first-order valence-electron chi connectivity index (χ1n) is 10.4. The summed E-state index contributed by atoms with van der Waals surface area (Å²) in [4.78, 5) is 40.3. The van der Waals surface area contributed by atoms with Gasteiger partial charge in [0.05, 0.1) is 6.54 Å². The average molecular weight is 390 g/mol. The number of rotatable bonds is 5. The van der Waals surface area contributed by atoms with Crippen LogP contribution in [0.4, 0.5) is 4.79 Å². The van der Waals surface area contributed by atoms with Crippen molar-refractivity contribution in [3.8, 4) is 0 Å². The number of hydrogen-bond acceptors (Lipinski definition) is 3. The van der Waals surface area contributed by atoms with Crippen molar-refractivity contribution >= 4 is 17.7 Å². The van der Waals surface area contributed by atoms with E-state index in [-0.39, 0.29) is 18.2 Å². The van der Waals surface area contributed by atoms with Gasteiger partial charge in [-0.1, -0.05) is 50.2 Å². The highest BCUT2D eigenvalue weighted by molar-refractivity contribution is 6.12. The van der Waals surface area contributed by atoms with Crippen molar-refractivity contribution < 1.29 is 14.4 Å². The molecule has 1 heterocycles. The quantitative estimate of drug-likeness (QED) is 0.624. The number of ketones is 1. The molecule has 4 rings (SSSR count). The van der Waals surface area contributed by atoms with Crippen LogP contribution in [-0.4, -0.2) is 29.2 Å². The summed E-state index contributed by atoms with van der Waals surface area (Å²) in [5, 5.41) is 2.92. The Labute approximate surface area is 171 Å². The number of amides is 3. The number of benzene rings is 2. The molecule has 3 amide bonds. The molecule has 150 valence electrons. The molecule has 1 spiro atoms. The number of carbonyl (C=O) groups is 3. The normalized spacial score (nSPS) is 20.7. The lowest BCUT2D eigenvalue weighted by atomic mass is 9.76. The van der Waals surface area contributed by atoms with E-state index in [9.17, 15) is 14.4 Å². The molecule has 29 heavy (non-hydrogen) atoms. The molecule has 1 atom stereocenters. The first-order chi connectivity index (χ1) is 14.0. The predicted molar refractivity (Wildman–Crippen MR) is 111 cm³/mol. The first kappa shape index (κ1) is 19.4. The maximum absolute atomic E-state index is 13.4. The van der Waals surface area contributed by atoms with Crippen LogP contribution in [0.15, 0.2) is 42.5 Å². The Hall–Kier alpha value is -2.95. The van der Waals surface area contributed by atoms with Crippen LogP contribution in [0.25, 0.3) is 0 Å². The van der Waals surface area contributed by atoms with Crippen molar-refractivity contribution in [3.05, 3.63) is 70.3 Å². The van der Waals surface area contributed by atoms with Crippen LogP contribution < -0.4 is 5.32 Å². The lowest BCUT2D eigenvalue weighted by molar-refractivity contribution is -0.131. The van der Waals surface area contributed by atoms with E-state index >= 15 is 0 Å². The van der Waals surface area contributed by atoms with Crippen LogP contribution in [0, 0.1) is 0 Å². The highest BCUT2D eigenvalue weighted by Crippen LogP contribution is 2.39. The summed E-state index contributed by atoms with van der Waals surface area (Å²) in [6, 6.07) is 13.2. The van der Waals surface area contributed by atoms with Gasteiger partial charge in [0, 0.05) is 5.56 Å². The van der Waals surface area contributed by atoms with Crippen molar-refractivity contribution in [2.24, 2.45) is 0 Å². The average Bonchev–Trinajstić information content (AvgIpc) is 2.98. The highest BCUT2D eigenvalue weighted by Gasteiger charge is 2.54. The maximum Gasteiger partial charge on any atom is 0.325 e. The van der Waals surface area contributed by atoms with Crippen molar-refractivity contribution in [1.82, 2.24) is 10.2 Å². The van der Waals surface area contributed by atoms with Gasteiger partial charge in [-0.3, -0.25) is 14.5 Å². The molecule has 5 heteroatoms. The fraction of sp³-hybridized carbons (Fsp3) is 0.375. The molecule has 1 fully saturated rings. The second-order valence-electron chi connectivity index (χ2n) is 7.86. The van der Waals surface area contributed by atoms with E-state index in [0.29, 0.717) is 12.0 Å². The number of carbonyl (C=O) groups excluding carboxylic acids is 3. The second kappa shape index (κ2) is 7.47. The van der Waals surface area contributed by atoms with Crippen LogP contribution in [0.1, 0.15) is 59.3 Å². The second-order valence-corrected chi connectivity index (χ2v) is 7.86. The Balaban J connectivity index is 1.64. The minimum atomic E-state index is -1.04. The third kappa shape index (κ3) is 3.15. The van der Waals surface area contributed by atoms with E-state index < -0.39 is 11.6 Å². The number of hydrogen-bond donors (Lipinski definition) is 1. The molecule has 5 nitrogen and oxygen atoms in total. The summed E-state index contributed by atoms with van der Waals surface area (Å²) in [6.07, 6.45) is 3.83. The molecular formula is C24H26N2O3. The number of nitrogens with one attached hydrogen (secondary N) is 1. The van der Waals surface area contributed by atoms with Crippen molar-refractivity contribution in [2.45, 2.75) is 51.5 Å². The van der Waals surface area contributed by atoms with E-state index in [1.165, 1.54) is 0 Å². The van der Waals surface area contributed by atoms with Gasteiger partial charge in [-0.15, -0.1) is 0 Å². The number of aryl methyl sites for hydroxylation is 3. The standard InChI is InChI=1S/C24H26N2O3/c1-3-16-11-12-17(4-2)19(14-16)21(27)15-26-22(28)24(25-23(26)29)13-7-9-18-8-5-6-10-20(18)24/h5-6,8,10-12,14H,3-4,7,9,13,15H2,1-2H3,(H,25,29)/t24-/m0/s1. The molecule has 1 aliphatic heterocycles. The monoisotopic (exact) mass is 390 g/mol. The van der Waals surface area contributed by atoms with Crippen LogP contribution in [0.5, 0.6) is 0 Å². The topological polar surface area (TPSA) is 66.5 Å². The Morgan fingerprint density at radius 3 is 2.66 bits per heavy atom. The third-order valence-electron chi connectivity index (χ3n) is 6.22. The van der Waals surface area contributed by atoms with Crippen molar-refractivity contribution in [1.29, 1.82) is 0 Å². The zero-order valence-corrected chi connectivity index (χ0v) is 17.0. The molecule has 1 aliphatic carbocycles. The van der Waals surface area contributed by atoms with Gasteiger partial charge >= 0.3 is 6.03 Å². The molecule has 0 radical (unpaired) electrons. The van der Waals surface area contributed by atoms with Gasteiger partial charge in [-0.05, 0) is 60.4 Å². The fourth-order valence-electron chi connectivity index (χ4n) is 4.60. The smallest absolute Gasteiger partial charge is 0.319 e. The molecule has 2 aromatic carbocycles. The molecule has 0 unspecified atom stereocenters. The number of Topliss-reactive ketones (excluding diaryl/α,β-unsaturated/α-hetero) is 1. The Bertz CT molecular complexity index is 997. The van der Waals surface area contributed by atoms with Crippen molar-refractivity contribution in [2.75, 3.05) is 6.54 Å². The van der Waals surface area contributed by atoms with Crippen LogP contribution >= 0.6 is 0 Å². The fourth-order valence-corrected chi connectivity index (χ4v) is 4.60. The van der Waals surface area contributed by atoms with E-state index in [1.807, 2.05) is 56.3 Å². The zero-order chi connectivity index (χ0) is 20.6. The Morgan fingerprint density at radius 1 is 1.10 bits per heavy atom. The number of nitrogens with zero attached hydrogens (tertiary/aromatic N) is 1. The Kier molecular flexibility index (Phi) is 4.99. The molecule has 2 aromatic rings. The minimum Gasteiger partial charge on any atom is -0.319 e. The van der Waals surface area contributed by atoms with E-state index in [2.05, 4.69) is 5.32 Å². The zero-order valence-electron chi connectivity index (χ0n) is 17.0. The van der Waals surface area contributed by atoms with Gasteiger partial charge in [-0.25, -0.2) is 4.79 Å². The molecule has 1 saturated heterocycles. The highest BCUT2D eigenvalue weighted by atomic mass is 16.2. The molecule has 1 N–H and O–H groups in total. The maximum atomic E-state index is 13.4. The summed E-state index contributed by atoms with van der Waals surface area (Å²) >= 11 is 0. The number of imide groups is 1. The van der Waals surface area contributed by atoms with E-state index in [0.717, 1.165) is 52.8 Å². The Morgan fingerprint density at radius 2 is 1.90 bits per heavy atom. The van der Waals surface area contributed by atoms with Crippen molar-refractivity contribution in [3.63, 3.8) is 0 Å². The lowest BCUT2D eigenvalue weighted by Crippen LogP contribution is -2.46. The largest absolute Gasteiger partial charge is 0.325 e. The molecule has 0 bridgehead atoms. The molecule has 0 saturated carbocycles. The summed E-state index contributed by atoms with van der Waals surface area (Å²) in [7, 11) is 0. The summed E-state index contributed by atoms with van der Waals surface area (Å²) < 4.78 is 0. The SMILES string of the molecule is CCc1ccc(CC)c(C(=O)CN2C(=O)N[C@]3(CCCc4ccccc43)C2=O)c1. The number of fused-ring (bicyclic) bond motifs is 2. The van der Waals surface area contributed by atoms with Gasteiger partial charge in [0.15, 0.2) is 5.78 Å². The predicted octanol–water partition coefficient (Wildman–Crippen LogP) is 3.78. The van der Waals surface area contributed by atoms with Crippen LogP contribution in [0.2, 0.25) is 0 Å². The minimum absolute atomic E-state index is 0.193. The molecule has 2 aliphatic rings. The van der Waals surface area contributed by atoms with Gasteiger partial charge in [0.25, 0.3) is 5.91 Å². The van der Waals surface area contributed by atoms with Gasteiger partial charge < -0.3 is 5.32 Å². The van der Waals surface area contributed by atoms with E-state index in [4.69, 9.17) is 0 Å². The molecular weight excluding hydrogens is 364 g/mol. The third-order valence-corrected chi connectivity index (χ3v) is 6.22. The van der Waals surface area contributed by atoms with E-state index in [1.54, 1.807) is 0 Å². The summed E-state index contributed by atoms with van der Waals surface area (Å²) in [5.41, 5.74) is 3.53. The molecule has 0 aromatic heterocycles. The van der Waals surface area contributed by atoms with Gasteiger partial charge in [0.2, 0.25) is 0 Å². The summed E-state index contributed by atoms with van der Waals surface area (Å²) in [6.45, 7) is 3.81. The summed E-state index contributed by atoms with van der Waals surface area (Å²) in [5.74, 6) is -0.505.